The highest BCUT2D eigenvalue weighted by atomic mass is 16.5. The molecular weight excluding hydrogens is 344 g/mol. The molecule has 0 saturated carbocycles. The first-order valence-electron chi connectivity index (χ1n) is 8.74. The van der Waals surface area contributed by atoms with Crippen molar-refractivity contribution in [3.8, 4) is 17.6 Å². The number of carbonyl (C=O) groups is 1. The number of cyclic esters (lactones) is 1. The molecule has 1 fully saturated rings. The van der Waals surface area contributed by atoms with E-state index in [9.17, 15) is 10.1 Å². The Bertz CT molecular complexity index is 1010. The van der Waals surface area contributed by atoms with Gasteiger partial charge in [0, 0.05) is 5.92 Å². The predicted octanol–water partition coefficient (Wildman–Crippen LogP) is 3.17. The Morgan fingerprint density at radius 1 is 1.19 bits per heavy atom. The van der Waals surface area contributed by atoms with Crippen molar-refractivity contribution >= 4 is 11.7 Å². The summed E-state index contributed by atoms with van der Waals surface area (Å²) in [7, 11) is 1.62. The average molecular weight is 360 g/mol. The van der Waals surface area contributed by atoms with Crippen LogP contribution in [0.1, 0.15) is 11.6 Å². The lowest BCUT2D eigenvalue weighted by Crippen LogP contribution is -2.42. The minimum Gasteiger partial charge on any atom is -0.497 e. The van der Waals surface area contributed by atoms with Crippen LogP contribution in [0.15, 0.2) is 60.0 Å². The third kappa shape index (κ3) is 2.15. The molecule has 3 atom stereocenters. The van der Waals surface area contributed by atoms with E-state index in [-0.39, 0.29) is 24.5 Å². The van der Waals surface area contributed by atoms with Crippen LogP contribution in [0.3, 0.4) is 0 Å². The van der Waals surface area contributed by atoms with Crippen LogP contribution in [0.2, 0.25) is 0 Å². The van der Waals surface area contributed by atoms with Gasteiger partial charge in [0.25, 0.3) is 0 Å². The molecule has 6 heteroatoms. The minimum absolute atomic E-state index is 0.168. The summed E-state index contributed by atoms with van der Waals surface area (Å²) < 4.78 is 16.6. The third-order valence-electron chi connectivity index (χ3n) is 5.45. The summed E-state index contributed by atoms with van der Waals surface area (Å²) >= 11 is 0. The molecule has 0 aliphatic carbocycles. The Balaban J connectivity index is 1.72. The fourth-order valence-electron chi connectivity index (χ4n) is 4.25. The second-order valence-electron chi connectivity index (χ2n) is 6.76. The number of rotatable bonds is 2. The van der Waals surface area contributed by atoms with E-state index in [2.05, 4.69) is 6.07 Å². The smallest absolute Gasteiger partial charge is 0.314 e. The van der Waals surface area contributed by atoms with E-state index in [1.165, 1.54) is 0 Å². The monoisotopic (exact) mass is 360 g/mol. The van der Waals surface area contributed by atoms with Crippen LogP contribution in [0.5, 0.6) is 11.5 Å². The van der Waals surface area contributed by atoms with Crippen molar-refractivity contribution in [2.75, 3.05) is 18.6 Å². The van der Waals surface area contributed by atoms with Crippen LogP contribution in [0, 0.1) is 23.2 Å². The lowest BCUT2D eigenvalue weighted by atomic mass is 9.77. The number of esters is 1. The van der Waals surface area contributed by atoms with Crippen LogP contribution < -0.4 is 14.4 Å². The molecule has 6 nitrogen and oxygen atoms in total. The highest BCUT2D eigenvalue weighted by Crippen LogP contribution is 2.54. The van der Waals surface area contributed by atoms with Crippen molar-refractivity contribution < 1.29 is 19.0 Å². The molecule has 3 aliphatic rings. The molecule has 0 bridgehead atoms. The van der Waals surface area contributed by atoms with Crippen molar-refractivity contribution in [1.82, 2.24) is 0 Å². The van der Waals surface area contributed by atoms with Crippen LogP contribution in [-0.4, -0.2) is 19.7 Å². The summed E-state index contributed by atoms with van der Waals surface area (Å²) in [5, 5.41) is 9.77. The van der Waals surface area contributed by atoms with Gasteiger partial charge < -0.3 is 19.1 Å². The van der Waals surface area contributed by atoms with Crippen LogP contribution in [-0.2, 0) is 9.53 Å². The van der Waals surface area contributed by atoms with Gasteiger partial charge in [0.2, 0.25) is 5.88 Å². The SMILES string of the molecule is COc1ccc([C@H]2[C@@H]3COC(=O)[C@@H]3C(C#N)=C3Oc4ccccc4N32)cc1. The van der Waals surface area contributed by atoms with Crippen molar-refractivity contribution in [3.63, 3.8) is 0 Å². The number of nitriles is 1. The van der Waals surface area contributed by atoms with Gasteiger partial charge in [-0.1, -0.05) is 24.3 Å². The summed E-state index contributed by atoms with van der Waals surface area (Å²) in [6, 6.07) is 17.4. The van der Waals surface area contributed by atoms with E-state index in [4.69, 9.17) is 14.2 Å². The Kier molecular flexibility index (Phi) is 3.37. The first-order chi connectivity index (χ1) is 13.2. The zero-order chi connectivity index (χ0) is 18.5. The molecule has 0 unspecified atom stereocenters. The predicted molar refractivity (Wildman–Crippen MR) is 95.9 cm³/mol. The molecule has 2 aromatic carbocycles. The van der Waals surface area contributed by atoms with Gasteiger partial charge in [-0.25, -0.2) is 0 Å². The summed E-state index contributed by atoms with van der Waals surface area (Å²) in [6.07, 6.45) is 0. The molecule has 0 spiro atoms. The van der Waals surface area contributed by atoms with Gasteiger partial charge in [-0.15, -0.1) is 0 Å². The van der Waals surface area contributed by atoms with E-state index >= 15 is 0 Å². The maximum Gasteiger partial charge on any atom is 0.314 e. The Hall–Kier alpha value is -3.46. The largest absolute Gasteiger partial charge is 0.497 e. The van der Waals surface area contributed by atoms with Crippen molar-refractivity contribution in [3.05, 3.63) is 65.6 Å². The van der Waals surface area contributed by atoms with E-state index in [1.807, 2.05) is 53.4 Å². The molecule has 3 heterocycles. The number of hydrogen-bond donors (Lipinski definition) is 0. The van der Waals surface area contributed by atoms with Crippen LogP contribution in [0.25, 0.3) is 0 Å². The Labute approximate surface area is 156 Å². The highest BCUT2D eigenvalue weighted by Gasteiger charge is 2.54. The number of ether oxygens (including phenoxy) is 3. The maximum atomic E-state index is 12.4. The van der Waals surface area contributed by atoms with E-state index < -0.39 is 5.92 Å². The lowest BCUT2D eigenvalue weighted by molar-refractivity contribution is -0.140. The van der Waals surface area contributed by atoms with Gasteiger partial charge in [-0.05, 0) is 29.8 Å². The Morgan fingerprint density at radius 3 is 2.70 bits per heavy atom. The van der Waals surface area contributed by atoms with Crippen molar-refractivity contribution in [1.29, 1.82) is 5.26 Å². The molecule has 0 radical (unpaired) electrons. The minimum atomic E-state index is -0.609. The van der Waals surface area contributed by atoms with Gasteiger partial charge in [0.15, 0.2) is 5.75 Å². The number of para-hydroxylation sites is 2. The van der Waals surface area contributed by atoms with Gasteiger partial charge in [0.1, 0.15) is 23.3 Å². The van der Waals surface area contributed by atoms with E-state index in [1.54, 1.807) is 7.11 Å². The standard InChI is InChI=1S/C21H16N2O4/c1-25-13-8-6-12(7-9-13)19-15-11-26-21(24)18(15)14(10-22)20-23(19)16-4-2-3-5-17(16)27-20/h2-9,15,18-19H,11H2,1H3/t15-,18-,19+/m1/s1. The molecule has 3 aliphatic heterocycles. The summed E-state index contributed by atoms with van der Waals surface area (Å²) in [4.78, 5) is 14.4. The number of nitrogens with zero attached hydrogens (tertiary/aromatic N) is 2. The number of anilines is 1. The molecule has 2 aromatic rings. The fraction of sp³-hybridized carbons (Fsp3) is 0.238. The second-order valence-corrected chi connectivity index (χ2v) is 6.76. The van der Waals surface area contributed by atoms with E-state index in [0.29, 0.717) is 17.2 Å². The zero-order valence-corrected chi connectivity index (χ0v) is 14.6. The maximum absolute atomic E-state index is 12.4. The molecule has 0 amide bonds. The fourth-order valence-corrected chi connectivity index (χ4v) is 4.25. The van der Waals surface area contributed by atoms with Gasteiger partial charge in [-0.3, -0.25) is 4.79 Å². The first kappa shape index (κ1) is 15.8. The number of methoxy groups -OCH3 is 1. The van der Waals surface area contributed by atoms with Crippen molar-refractivity contribution in [2.45, 2.75) is 6.04 Å². The molecule has 27 heavy (non-hydrogen) atoms. The quantitative estimate of drug-likeness (QED) is 0.766. The molecule has 1 saturated heterocycles. The summed E-state index contributed by atoms with van der Waals surface area (Å²) in [5.41, 5.74) is 2.24. The van der Waals surface area contributed by atoms with Crippen LogP contribution in [0.4, 0.5) is 5.69 Å². The van der Waals surface area contributed by atoms with Crippen LogP contribution >= 0.6 is 0 Å². The Morgan fingerprint density at radius 2 is 1.96 bits per heavy atom. The van der Waals surface area contributed by atoms with Gasteiger partial charge >= 0.3 is 5.97 Å². The normalized spacial score (nSPS) is 25.1. The zero-order valence-electron chi connectivity index (χ0n) is 14.6. The number of hydrogen-bond acceptors (Lipinski definition) is 6. The lowest BCUT2D eigenvalue weighted by Gasteiger charge is -2.39. The molecular formula is C21H16N2O4. The van der Waals surface area contributed by atoms with Gasteiger partial charge in [-0.2, -0.15) is 5.26 Å². The highest BCUT2D eigenvalue weighted by molar-refractivity contribution is 5.83. The topological polar surface area (TPSA) is 71.8 Å². The average Bonchev–Trinajstić information content (AvgIpc) is 3.28. The van der Waals surface area contributed by atoms with Gasteiger partial charge in [0.05, 0.1) is 25.4 Å². The summed E-state index contributed by atoms with van der Waals surface area (Å²) in [5.74, 6) is 0.742. The first-order valence-corrected chi connectivity index (χ1v) is 8.74. The number of benzene rings is 2. The van der Waals surface area contributed by atoms with E-state index in [0.717, 1.165) is 17.0 Å². The molecule has 0 aromatic heterocycles. The summed E-state index contributed by atoms with van der Waals surface area (Å²) in [6.45, 7) is 0.275. The molecule has 0 N–H and O–H groups in total. The molecule has 5 rings (SSSR count). The number of fused-ring (bicyclic) bond motifs is 4. The number of carbonyl (C=O) groups excluding carboxylic acids is 1. The van der Waals surface area contributed by atoms with Crippen molar-refractivity contribution in [2.24, 2.45) is 11.8 Å². The second kappa shape index (κ2) is 5.78. The third-order valence-corrected chi connectivity index (χ3v) is 5.45. The molecule has 134 valence electrons.